The average Bonchev–Trinajstić information content (AvgIpc) is 2.70. The number of amides is 2. The van der Waals surface area contributed by atoms with Crippen LogP contribution in [0, 0.1) is 11.7 Å². The van der Waals surface area contributed by atoms with Crippen LogP contribution in [-0.2, 0) is 14.3 Å². The monoisotopic (exact) mass is 442 g/mol. The number of ether oxygens (including phenoxy) is 3. The normalized spacial score (nSPS) is 16.8. The highest BCUT2D eigenvalue weighted by atomic mass is 32.1. The number of carbonyl (C=O) groups is 2. The molecule has 0 aromatic heterocycles. The maximum absolute atomic E-state index is 13.9. The van der Waals surface area contributed by atoms with Crippen molar-refractivity contribution >= 4 is 34.9 Å². The topological polar surface area (TPSA) is 118 Å². The lowest BCUT2D eigenvalue weighted by Crippen LogP contribution is -2.47. The second-order valence-electron chi connectivity index (χ2n) is 6.41. The maximum Gasteiger partial charge on any atom is 0.414 e. The number of halogens is 1. The van der Waals surface area contributed by atoms with E-state index in [0.29, 0.717) is 11.3 Å². The lowest BCUT2D eigenvalue weighted by molar-refractivity contribution is -0.127. The molecular formula is C19H23FN2O7S. The number of methoxy groups -OCH3 is 3. The highest BCUT2D eigenvalue weighted by molar-refractivity contribution is 7.81. The number of benzene rings is 1. The molecule has 0 saturated carbocycles. The molecule has 0 unspecified atom stereocenters. The molecule has 1 aromatic carbocycles. The lowest BCUT2D eigenvalue weighted by Gasteiger charge is -2.31. The summed E-state index contributed by atoms with van der Waals surface area (Å²) in [6.45, 7) is -0.241. The van der Waals surface area contributed by atoms with Crippen molar-refractivity contribution in [3.8, 4) is 5.75 Å². The van der Waals surface area contributed by atoms with Crippen LogP contribution in [0.15, 0.2) is 29.5 Å². The Morgan fingerprint density at radius 1 is 1.37 bits per heavy atom. The van der Waals surface area contributed by atoms with Crippen molar-refractivity contribution < 1.29 is 38.4 Å². The molecule has 164 valence electrons. The van der Waals surface area contributed by atoms with Crippen molar-refractivity contribution in [2.24, 2.45) is 5.92 Å². The molecule has 0 fully saturated rings. The Morgan fingerprint density at radius 3 is 2.60 bits per heavy atom. The van der Waals surface area contributed by atoms with E-state index in [9.17, 15) is 24.2 Å². The quantitative estimate of drug-likeness (QED) is 0.412. The number of aliphatic hydroxyl groups excluding tert-OH is 1. The Labute approximate surface area is 178 Å². The summed E-state index contributed by atoms with van der Waals surface area (Å²) in [5, 5.41) is 22.8. The van der Waals surface area contributed by atoms with Gasteiger partial charge in [0.1, 0.15) is 16.3 Å². The largest absolute Gasteiger partial charge is 0.511 e. The first-order valence-electron chi connectivity index (χ1n) is 8.92. The highest BCUT2D eigenvalue weighted by Crippen LogP contribution is 2.31. The van der Waals surface area contributed by atoms with Crippen LogP contribution in [0.4, 0.5) is 14.9 Å². The third kappa shape index (κ3) is 5.04. The average molecular weight is 442 g/mol. The summed E-state index contributed by atoms with van der Waals surface area (Å²) in [6.07, 6.45) is -1.42. The molecule has 0 spiro atoms. The van der Waals surface area contributed by atoms with Crippen molar-refractivity contribution in [3.63, 3.8) is 0 Å². The Kier molecular flexibility index (Phi) is 8.09. The molecule has 1 aliphatic rings. The van der Waals surface area contributed by atoms with Crippen LogP contribution in [-0.4, -0.2) is 66.3 Å². The van der Waals surface area contributed by atoms with Gasteiger partial charge in [0.05, 0.1) is 12.8 Å². The van der Waals surface area contributed by atoms with Crippen LogP contribution in [0.2, 0.25) is 0 Å². The van der Waals surface area contributed by atoms with E-state index >= 15 is 0 Å². The number of hydrogen-bond donors (Lipinski definition) is 3. The Balaban J connectivity index is 2.36. The first kappa shape index (κ1) is 23.5. The van der Waals surface area contributed by atoms with Gasteiger partial charge < -0.3 is 29.7 Å². The number of carbonyl (C=O) groups excluding carboxylic acids is 1. The fourth-order valence-corrected chi connectivity index (χ4v) is 3.42. The van der Waals surface area contributed by atoms with Gasteiger partial charge in [-0.1, -0.05) is 18.3 Å². The number of aliphatic hydroxyl groups is 1. The molecule has 0 bridgehead atoms. The zero-order valence-electron chi connectivity index (χ0n) is 16.7. The minimum Gasteiger partial charge on any atom is -0.511 e. The van der Waals surface area contributed by atoms with Crippen LogP contribution < -0.4 is 10.1 Å². The van der Waals surface area contributed by atoms with E-state index in [4.69, 9.17) is 26.4 Å². The molecule has 0 radical (unpaired) electrons. The number of nitrogens with one attached hydrogen (secondary N) is 1. The van der Waals surface area contributed by atoms with E-state index in [2.05, 4.69) is 5.32 Å². The summed E-state index contributed by atoms with van der Waals surface area (Å²) >= 11 is 5.24. The van der Waals surface area contributed by atoms with Gasteiger partial charge >= 0.3 is 6.09 Å². The van der Waals surface area contributed by atoms with E-state index in [-0.39, 0.29) is 40.7 Å². The first-order chi connectivity index (χ1) is 14.2. The number of hydrogen-bond acceptors (Lipinski definition) is 7. The third-order valence-electron chi connectivity index (χ3n) is 4.66. The first-order valence-corrected chi connectivity index (χ1v) is 9.33. The predicted octanol–water partition coefficient (Wildman–Crippen LogP) is 2.92. The molecule has 11 heteroatoms. The second kappa shape index (κ2) is 10.3. The van der Waals surface area contributed by atoms with Gasteiger partial charge in [0.2, 0.25) is 0 Å². The third-order valence-corrected chi connectivity index (χ3v) is 4.96. The Hall–Kier alpha value is -2.76. The van der Waals surface area contributed by atoms with Crippen molar-refractivity contribution in [2.75, 3.05) is 33.2 Å². The van der Waals surface area contributed by atoms with Crippen LogP contribution >= 0.6 is 12.2 Å². The van der Waals surface area contributed by atoms with Gasteiger partial charge in [-0.05, 0) is 25.0 Å². The number of rotatable bonds is 8. The number of nitrogens with zero attached hydrogens (tertiary/aromatic N) is 1. The van der Waals surface area contributed by atoms with Gasteiger partial charge in [-0.25, -0.2) is 14.1 Å². The molecule has 1 aliphatic heterocycles. The van der Waals surface area contributed by atoms with Crippen molar-refractivity contribution in [3.05, 3.63) is 35.3 Å². The number of imide groups is 1. The number of carboxylic acid groups (broad SMARTS) is 1. The fourth-order valence-electron chi connectivity index (χ4n) is 3.11. The summed E-state index contributed by atoms with van der Waals surface area (Å²) in [5.41, 5.74) is -0.250. The summed E-state index contributed by atoms with van der Waals surface area (Å²) in [7, 11) is 4.17. The molecule has 1 atom stereocenters. The minimum absolute atomic E-state index is 0.124. The van der Waals surface area contributed by atoms with Gasteiger partial charge in [0, 0.05) is 26.7 Å². The Morgan fingerprint density at radius 2 is 2.03 bits per heavy atom. The number of anilines is 1. The highest BCUT2D eigenvalue weighted by Gasteiger charge is 2.39. The van der Waals surface area contributed by atoms with Crippen LogP contribution in [0.25, 0.3) is 0 Å². The van der Waals surface area contributed by atoms with E-state index in [1.54, 1.807) is 0 Å². The van der Waals surface area contributed by atoms with Crippen LogP contribution in [0.3, 0.4) is 0 Å². The zero-order chi connectivity index (χ0) is 22.4. The summed E-state index contributed by atoms with van der Waals surface area (Å²) in [5.74, 6) is -2.84. The van der Waals surface area contributed by atoms with Gasteiger partial charge in [0.25, 0.3) is 5.91 Å². The summed E-state index contributed by atoms with van der Waals surface area (Å²) in [4.78, 5) is 24.5. The molecule has 9 nitrogen and oxygen atoms in total. The molecule has 1 aromatic rings. The standard InChI is InChI=1S/C19H23FN2O7S/c1-27-13(28-2)8-7-10-9-22(19(25)26)18(24)14(15(10)23)17(30)21-12-6-4-5-11(20)16(12)29-3/h4-6,10,13,23H,7-9H2,1-3H3,(H,21,30)(H,25,26)/t10-/m0/s1. The predicted molar refractivity (Wildman–Crippen MR) is 109 cm³/mol. The van der Waals surface area contributed by atoms with Crippen molar-refractivity contribution in [1.82, 2.24) is 4.90 Å². The van der Waals surface area contributed by atoms with Crippen LogP contribution in [0.1, 0.15) is 12.8 Å². The molecule has 2 rings (SSSR count). The number of thiocarbonyl (C=S) groups is 1. The minimum atomic E-state index is -1.48. The molecule has 30 heavy (non-hydrogen) atoms. The lowest BCUT2D eigenvalue weighted by atomic mass is 9.92. The smallest absolute Gasteiger partial charge is 0.414 e. The summed E-state index contributed by atoms with van der Waals surface area (Å²) < 4.78 is 29.1. The SMILES string of the molecule is COc1c(F)cccc1NC(=S)C1=C(O)[C@@H](CCC(OC)OC)CN(C(=O)O)C1=O. The molecule has 1 heterocycles. The van der Waals surface area contributed by atoms with E-state index in [0.717, 1.165) is 0 Å². The molecular weight excluding hydrogens is 419 g/mol. The van der Waals surface area contributed by atoms with Gasteiger partial charge in [-0.3, -0.25) is 4.79 Å². The summed E-state index contributed by atoms with van der Waals surface area (Å²) in [6, 6.07) is 4.05. The van der Waals surface area contributed by atoms with Crippen molar-refractivity contribution in [2.45, 2.75) is 19.1 Å². The van der Waals surface area contributed by atoms with Gasteiger partial charge in [0.15, 0.2) is 17.9 Å². The van der Waals surface area contributed by atoms with E-state index in [1.807, 2.05) is 0 Å². The molecule has 3 N–H and O–H groups in total. The van der Waals surface area contributed by atoms with Gasteiger partial charge in [-0.15, -0.1) is 0 Å². The van der Waals surface area contributed by atoms with E-state index < -0.39 is 30.0 Å². The van der Waals surface area contributed by atoms with Gasteiger partial charge in [-0.2, -0.15) is 0 Å². The zero-order valence-corrected chi connectivity index (χ0v) is 17.5. The second-order valence-corrected chi connectivity index (χ2v) is 6.82. The van der Waals surface area contributed by atoms with Crippen LogP contribution in [0.5, 0.6) is 5.75 Å². The van der Waals surface area contributed by atoms with Crippen molar-refractivity contribution in [1.29, 1.82) is 0 Å². The molecule has 2 amide bonds. The molecule has 0 aliphatic carbocycles. The molecule has 0 saturated heterocycles. The van der Waals surface area contributed by atoms with E-state index in [1.165, 1.54) is 39.5 Å². The maximum atomic E-state index is 13.9. The number of para-hydroxylation sites is 1. The Bertz CT molecular complexity index is 857. The fraction of sp³-hybridized carbons (Fsp3) is 0.421.